The predicted octanol–water partition coefficient (Wildman–Crippen LogP) is 8.80. The molecule has 0 atom stereocenters. The Balaban J connectivity index is 1.81. The van der Waals surface area contributed by atoms with Crippen molar-refractivity contribution >= 4 is 65.8 Å². The van der Waals surface area contributed by atoms with E-state index in [9.17, 15) is 10.2 Å². The van der Waals surface area contributed by atoms with Crippen molar-refractivity contribution in [1.82, 2.24) is 0 Å². The van der Waals surface area contributed by atoms with E-state index in [0.717, 1.165) is 21.2 Å². The highest BCUT2D eigenvalue weighted by molar-refractivity contribution is 7.91. The number of rotatable bonds is 7. The SMILES string of the molecule is OC1=C(c2cccc(Cl)c2O)C(P(c2ccccc2)c2ccccc2)(P(c2ccccc2)c2ccccc2)CC=C1Cl. The lowest BCUT2D eigenvalue weighted by Gasteiger charge is -2.50. The second-order valence-corrected chi connectivity index (χ2v) is 16.0. The summed E-state index contributed by atoms with van der Waals surface area (Å²) in [6.07, 6.45) is 2.49. The number of phenolic OH excluding ortho intramolecular Hbond substituents is 1. The Bertz CT molecular complexity index is 1580. The smallest absolute Gasteiger partial charge is 0.141 e. The number of aliphatic hydroxyl groups is 1. The van der Waals surface area contributed by atoms with Crippen molar-refractivity contribution in [3.8, 4) is 5.75 Å². The third kappa shape index (κ3) is 5.19. The molecule has 0 aliphatic heterocycles. The zero-order valence-corrected chi connectivity index (χ0v) is 25.9. The van der Waals surface area contributed by atoms with E-state index in [1.165, 1.54) is 0 Å². The Morgan fingerprint density at radius 2 is 0.929 bits per heavy atom. The number of aliphatic hydroxyl groups excluding tert-OH is 1. The molecule has 0 saturated heterocycles. The van der Waals surface area contributed by atoms with Crippen LogP contribution in [0.1, 0.15) is 12.0 Å². The average Bonchev–Trinajstić information content (AvgIpc) is 3.03. The van der Waals surface area contributed by atoms with Crippen molar-refractivity contribution in [1.29, 1.82) is 0 Å². The van der Waals surface area contributed by atoms with Gasteiger partial charge in [-0.3, -0.25) is 0 Å². The quantitative estimate of drug-likeness (QED) is 0.178. The van der Waals surface area contributed by atoms with Crippen LogP contribution in [0, 0.1) is 0 Å². The summed E-state index contributed by atoms with van der Waals surface area (Å²) in [7, 11) is -2.43. The molecule has 2 N–H and O–H groups in total. The highest BCUT2D eigenvalue weighted by Crippen LogP contribution is 2.74. The number of halogens is 2. The Labute approximate surface area is 259 Å². The first-order chi connectivity index (χ1) is 20.5. The molecule has 0 radical (unpaired) electrons. The van der Waals surface area contributed by atoms with Crippen LogP contribution in [-0.4, -0.2) is 15.1 Å². The summed E-state index contributed by atoms with van der Waals surface area (Å²) in [6.45, 7) is 0. The largest absolute Gasteiger partial charge is 0.506 e. The number of aromatic hydroxyl groups is 1. The molecule has 42 heavy (non-hydrogen) atoms. The minimum absolute atomic E-state index is 0.0285. The van der Waals surface area contributed by atoms with Crippen LogP contribution in [-0.2, 0) is 0 Å². The lowest BCUT2D eigenvalue weighted by molar-refractivity contribution is 0.425. The maximum atomic E-state index is 12.1. The van der Waals surface area contributed by atoms with Crippen molar-refractivity contribution in [3.05, 3.63) is 167 Å². The standard InChI is InChI=1S/C36H28Cl2O2P2/c37-31-23-13-22-30(34(31)39)33-35(40)32(38)24-25-36(33,41(26-14-5-1-6-15-26)27-16-7-2-8-17-27)42(28-18-9-3-10-19-28)29-20-11-4-12-21-29/h1-24,39-40H,25H2. The summed E-state index contributed by atoms with van der Waals surface area (Å²) in [6, 6.07) is 47.4. The zero-order chi connectivity index (χ0) is 29.1. The molecule has 0 bridgehead atoms. The molecule has 1 aliphatic carbocycles. The molecular weight excluding hydrogens is 597 g/mol. The molecule has 6 rings (SSSR count). The summed E-state index contributed by atoms with van der Waals surface area (Å²) < 4.78 is 0. The molecule has 0 spiro atoms. The fraction of sp³-hybridized carbons (Fsp3) is 0.0556. The Morgan fingerprint density at radius 3 is 1.33 bits per heavy atom. The van der Waals surface area contributed by atoms with Crippen LogP contribution < -0.4 is 21.2 Å². The van der Waals surface area contributed by atoms with Gasteiger partial charge in [-0.1, -0.05) is 163 Å². The number of allylic oxidation sites excluding steroid dienone is 3. The minimum atomic E-state index is -1.22. The van der Waals surface area contributed by atoms with Gasteiger partial charge in [0.1, 0.15) is 11.5 Å². The fourth-order valence-corrected chi connectivity index (χ4v) is 13.9. The summed E-state index contributed by atoms with van der Waals surface area (Å²) in [5, 5.41) is 28.7. The van der Waals surface area contributed by atoms with Crippen molar-refractivity contribution in [2.45, 2.75) is 11.3 Å². The molecule has 1 aliphatic rings. The highest BCUT2D eigenvalue weighted by atomic mass is 35.5. The Kier molecular flexibility index (Phi) is 8.53. The molecular formula is C36H28Cl2O2P2. The lowest BCUT2D eigenvalue weighted by Crippen LogP contribution is -2.41. The number of hydrogen-bond donors (Lipinski definition) is 2. The number of para-hydroxylation sites is 1. The highest BCUT2D eigenvalue weighted by Gasteiger charge is 2.54. The predicted molar refractivity (Wildman–Crippen MR) is 182 cm³/mol. The van der Waals surface area contributed by atoms with Gasteiger partial charge in [0.25, 0.3) is 0 Å². The zero-order valence-electron chi connectivity index (χ0n) is 22.6. The minimum Gasteiger partial charge on any atom is -0.506 e. The number of benzene rings is 5. The third-order valence-electron chi connectivity index (χ3n) is 7.48. The molecule has 0 saturated carbocycles. The summed E-state index contributed by atoms with van der Waals surface area (Å²) in [4.78, 5) is -0.735. The molecule has 5 aromatic carbocycles. The molecule has 0 unspecified atom stereocenters. The number of phenols is 1. The van der Waals surface area contributed by atoms with Crippen LogP contribution in [0.2, 0.25) is 5.02 Å². The fourth-order valence-electron chi connectivity index (χ4n) is 5.77. The van der Waals surface area contributed by atoms with Gasteiger partial charge < -0.3 is 10.2 Å². The van der Waals surface area contributed by atoms with Gasteiger partial charge in [-0.15, -0.1) is 0 Å². The summed E-state index contributed by atoms with van der Waals surface area (Å²) in [5.41, 5.74) is 1.11. The van der Waals surface area contributed by atoms with Crippen molar-refractivity contribution in [3.63, 3.8) is 0 Å². The average molecular weight is 625 g/mol. The topological polar surface area (TPSA) is 40.5 Å². The van der Waals surface area contributed by atoms with Crippen LogP contribution in [0.25, 0.3) is 5.57 Å². The van der Waals surface area contributed by atoms with Crippen LogP contribution in [0.4, 0.5) is 0 Å². The van der Waals surface area contributed by atoms with E-state index in [1.54, 1.807) is 6.07 Å². The molecule has 0 amide bonds. The summed E-state index contributed by atoms with van der Waals surface area (Å²) in [5.74, 6) is -0.0946. The van der Waals surface area contributed by atoms with Crippen molar-refractivity contribution in [2.75, 3.05) is 0 Å². The van der Waals surface area contributed by atoms with Crippen molar-refractivity contribution in [2.24, 2.45) is 0 Å². The first kappa shape index (κ1) is 28.7. The molecule has 208 valence electrons. The van der Waals surface area contributed by atoms with Gasteiger partial charge in [0.05, 0.1) is 15.0 Å². The summed E-state index contributed by atoms with van der Waals surface area (Å²) >= 11 is 13.3. The third-order valence-corrected chi connectivity index (χ3v) is 14.9. The molecule has 6 heteroatoms. The van der Waals surface area contributed by atoms with Crippen LogP contribution >= 0.6 is 39.0 Å². The first-order valence-corrected chi connectivity index (χ1v) is 17.0. The number of hydrogen-bond acceptors (Lipinski definition) is 2. The van der Waals surface area contributed by atoms with E-state index in [1.807, 2.05) is 42.5 Å². The molecule has 0 fully saturated rings. The van der Waals surface area contributed by atoms with E-state index in [2.05, 4.69) is 97.1 Å². The Hall–Kier alpha value is -3.38. The normalized spacial score (nSPS) is 14.7. The van der Waals surface area contributed by atoms with Crippen LogP contribution in [0.15, 0.2) is 156 Å². The van der Waals surface area contributed by atoms with Gasteiger partial charge in [0.15, 0.2) is 0 Å². The lowest BCUT2D eigenvalue weighted by atomic mass is 9.94. The van der Waals surface area contributed by atoms with Gasteiger partial charge in [-0.25, -0.2) is 0 Å². The van der Waals surface area contributed by atoms with Gasteiger partial charge >= 0.3 is 0 Å². The second kappa shape index (κ2) is 12.5. The van der Waals surface area contributed by atoms with Crippen molar-refractivity contribution < 1.29 is 10.2 Å². The molecule has 0 heterocycles. The van der Waals surface area contributed by atoms with Gasteiger partial charge in [0, 0.05) is 11.1 Å². The van der Waals surface area contributed by atoms with E-state index in [4.69, 9.17) is 23.2 Å². The van der Waals surface area contributed by atoms with Gasteiger partial charge in [0.2, 0.25) is 0 Å². The molecule has 2 nitrogen and oxygen atoms in total. The van der Waals surface area contributed by atoms with E-state index < -0.39 is 20.7 Å². The van der Waals surface area contributed by atoms with Gasteiger partial charge in [-0.05, 0) is 49.5 Å². The maximum absolute atomic E-state index is 12.1. The van der Waals surface area contributed by atoms with E-state index >= 15 is 0 Å². The Morgan fingerprint density at radius 1 is 0.524 bits per heavy atom. The van der Waals surface area contributed by atoms with Crippen LogP contribution in [0.3, 0.4) is 0 Å². The first-order valence-electron chi connectivity index (χ1n) is 13.6. The van der Waals surface area contributed by atoms with E-state index in [-0.39, 0.29) is 21.6 Å². The van der Waals surface area contributed by atoms with Crippen LogP contribution in [0.5, 0.6) is 5.75 Å². The maximum Gasteiger partial charge on any atom is 0.141 e. The second-order valence-electron chi connectivity index (χ2n) is 9.95. The van der Waals surface area contributed by atoms with Gasteiger partial charge in [-0.2, -0.15) is 0 Å². The molecule has 0 aromatic heterocycles. The van der Waals surface area contributed by atoms with E-state index in [0.29, 0.717) is 17.6 Å². The molecule has 5 aromatic rings. The monoisotopic (exact) mass is 624 g/mol.